The van der Waals surface area contributed by atoms with Gasteiger partial charge in [-0.15, -0.1) is 0 Å². The first-order valence-corrected chi connectivity index (χ1v) is 7.34. The molecule has 1 nitrogen and oxygen atoms in total. The van der Waals surface area contributed by atoms with Crippen LogP contribution in [0.5, 0.6) is 0 Å². The minimum absolute atomic E-state index is 0.0238. The van der Waals surface area contributed by atoms with Gasteiger partial charge in [0.15, 0.2) is 0 Å². The molecule has 0 radical (unpaired) electrons. The zero-order chi connectivity index (χ0) is 13.7. The molecular formula is C18H25N. The highest BCUT2D eigenvalue weighted by atomic mass is 14.9. The van der Waals surface area contributed by atoms with Crippen LogP contribution in [0, 0.1) is 0 Å². The molecule has 0 fully saturated rings. The summed E-state index contributed by atoms with van der Waals surface area (Å²) in [5, 5.41) is 3.69. The fraction of sp³-hybridized carbons (Fsp3) is 0.444. The molecule has 0 aromatic heterocycles. The van der Waals surface area contributed by atoms with E-state index in [2.05, 4.69) is 74.7 Å². The van der Waals surface area contributed by atoms with Crippen molar-refractivity contribution >= 4 is 0 Å². The third-order valence-electron chi connectivity index (χ3n) is 3.84. The molecule has 1 aliphatic rings. The van der Waals surface area contributed by atoms with Gasteiger partial charge >= 0.3 is 0 Å². The second-order valence-corrected chi connectivity index (χ2v) is 5.79. The Hall–Kier alpha value is -1.34. The van der Waals surface area contributed by atoms with E-state index >= 15 is 0 Å². The van der Waals surface area contributed by atoms with Crippen molar-refractivity contribution in [2.45, 2.75) is 45.1 Å². The van der Waals surface area contributed by atoms with Crippen molar-refractivity contribution in [1.82, 2.24) is 5.32 Å². The van der Waals surface area contributed by atoms with Gasteiger partial charge in [-0.05, 0) is 37.9 Å². The maximum absolute atomic E-state index is 3.69. The molecule has 0 atom stereocenters. The van der Waals surface area contributed by atoms with Crippen LogP contribution >= 0.6 is 0 Å². The lowest BCUT2D eigenvalue weighted by molar-refractivity contribution is 0.396. The van der Waals surface area contributed by atoms with Gasteiger partial charge in [0.1, 0.15) is 0 Å². The SMILES string of the molecule is CCCCNC(C)(C)c1ccccc1C1C=CC=C1. The zero-order valence-electron chi connectivity index (χ0n) is 12.3. The molecule has 0 bridgehead atoms. The van der Waals surface area contributed by atoms with Gasteiger partial charge in [-0.25, -0.2) is 0 Å². The Kier molecular flexibility index (Phi) is 4.60. The number of nitrogens with one attached hydrogen (secondary N) is 1. The van der Waals surface area contributed by atoms with Gasteiger partial charge < -0.3 is 5.32 Å². The van der Waals surface area contributed by atoms with Crippen LogP contribution in [0.25, 0.3) is 0 Å². The van der Waals surface area contributed by atoms with Crippen molar-refractivity contribution < 1.29 is 0 Å². The molecule has 0 saturated heterocycles. The fourth-order valence-corrected chi connectivity index (χ4v) is 2.67. The molecule has 0 unspecified atom stereocenters. The Bertz CT molecular complexity index is 456. The van der Waals surface area contributed by atoms with Gasteiger partial charge in [-0.1, -0.05) is 61.9 Å². The van der Waals surface area contributed by atoms with Crippen molar-refractivity contribution in [2.75, 3.05) is 6.54 Å². The van der Waals surface area contributed by atoms with Crippen molar-refractivity contribution in [3.8, 4) is 0 Å². The van der Waals surface area contributed by atoms with Gasteiger partial charge in [0.05, 0.1) is 0 Å². The number of allylic oxidation sites excluding steroid dienone is 4. The number of benzene rings is 1. The molecule has 1 N–H and O–H groups in total. The highest BCUT2D eigenvalue weighted by Gasteiger charge is 2.24. The van der Waals surface area contributed by atoms with Crippen LogP contribution in [0.4, 0.5) is 0 Å². The lowest BCUT2D eigenvalue weighted by Crippen LogP contribution is -2.38. The monoisotopic (exact) mass is 255 g/mol. The molecule has 102 valence electrons. The summed E-state index contributed by atoms with van der Waals surface area (Å²) in [6.45, 7) is 7.87. The molecule has 0 spiro atoms. The second kappa shape index (κ2) is 6.21. The second-order valence-electron chi connectivity index (χ2n) is 5.79. The van der Waals surface area contributed by atoms with Crippen LogP contribution in [0.15, 0.2) is 48.6 Å². The quantitative estimate of drug-likeness (QED) is 0.737. The van der Waals surface area contributed by atoms with E-state index in [9.17, 15) is 0 Å². The highest BCUT2D eigenvalue weighted by molar-refractivity contribution is 5.42. The Morgan fingerprint density at radius 1 is 1.11 bits per heavy atom. The van der Waals surface area contributed by atoms with E-state index in [1.54, 1.807) is 0 Å². The smallest absolute Gasteiger partial charge is 0.0380 e. The van der Waals surface area contributed by atoms with Crippen LogP contribution in [-0.4, -0.2) is 6.54 Å². The van der Waals surface area contributed by atoms with Gasteiger partial charge in [0.25, 0.3) is 0 Å². The number of hydrogen-bond acceptors (Lipinski definition) is 1. The average Bonchev–Trinajstić information content (AvgIpc) is 2.93. The van der Waals surface area contributed by atoms with Crippen LogP contribution in [0.3, 0.4) is 0 Å². The zero-order valence-corrected chi connectivity index (χ0v) is 12.3. The molecule has 0 heterocycles. The van der Waals surface area contributed by atoms with Crippen LogP contribution < -0.4 is 5.32 Å². The van der Waals surface area contributed by atoms with Crippen LogP contribution in [0.1, 0.15) is 50.7 Å². The van der Waals surface area contributed by atoms with Crippen molar-refractivity contribution in [1.29, 1.82) is 0 Å². The molecule has 1 aromatic rings. The Balaban J connectivity index is 2.23. The third kappa shape index (κ3) is 3.36. The highest BCUT2D eigenvalue weighted by Crippen LogP contribution is 2.32. The normalized spacial score (nSPS) is 15.3. The fourth-order valence-electron chi connectivity index (χ4n) is 2.67. The predicted octanol–water partition coefficient (Wildman–Crippen LogP) is 4.52. The number of unbranched alkanes of at least 4 members (excludes halogenated alkanes) is 1. The summed E-state index contributed by atoms with van der Waals surface area (Å²) in [7, 11) is 0. The molecule has 19 heavy (non-hydrogen) atoms. The van der Waals surface area contributed by atoms with Crippen LogP contribution in [0.2, 0.25) is 0 Å². The Morgan fingerprint density at radius 2 is 1.79 bits per heavy atom. The molecule has 1 heteroatoms. The predicted molar refractivity (Wildman–Crippen MR) is 83.4 cm³/mol. The Morgan fingerprint density at radius 3 is 2.47 bits per heavy atom. The van der Waals surface area contributed by atoms with Crippen LogP contribution in [-0.2, 0) is 5.54 Å². The summed E-state index contributed by atoms with van der Waals surface area (Å²) in [5.41, 5.74) is 2.85. The first-order valence-electron chi connectivity index (χ1n) is 7.34. The number of hydrogen-bond donors (Lipinski definition) is 1. The van der Waals surface area contributed by atoms with Gasteiger partial charge in [-0.3, -0.25) is 0 Å². The first-order chi connectivity index (χ1) is 9.15. The minimum Gasteiger partial charge on any atom is -0.308 e. The van der Waals surface area contributed by atoms with Gasteiger partial charge in [0, 0.05) is 11.5 Å². The molecule has 1 aromatic carbocycles. The van der Waals surface area contributed by atoms with Crippen molar-refractivity contribution in [2.24, 2.45) is 0 Å². The first kappa shape index (κ1) is 14.1. The summed E-state index contributed by atoms with van der Waals surface area (Å²) in [6, 6.07) is 8.79. The number of rotatable bonds is 6. The summed E-state index contributed by atoms with van der Waals surface area (Å²) >= 11 is 0. The molecule has 0 amide bonds. The minimum atomic E-state index is 0.0238. The van der Waals surface area contributed by atoms with Gasteiger partial charge in [0.2, 0.25) is 0 Å². The lowest BCUT2D eigenvalue weighted by Gasteiger charge is -2.30. The average molecular weight is 255 g/mol. The largest absolute Gasteiger partial charge is 0.308 e. The van der Waals surface area contributed by atoms with E-state index in [0.717, 1.165) is 6.54 Å². The van der Waals surface area contributed by atoms with E-state index in [0.29, 0.717) is 5.92 Å². The summed E-state index contributed by atoms with van der Waals surface area (Å²) in [6.07, 6.45) is 11.3. The maximum Gasteiger partial charge on any atom is 0.0380 e. The van der Waals surface area contributed by atoms with E-state index in [-0.39, 0.29) is 5.54 Å². The summed E-state index contributed by atoms with van der Waals surface area (Å²) in [5.74, 6) is 0.434. The van der Waals surface area contributed by atoms with E-state index < -0.39 is 0 Å². The Labute approximate surface area is 117 Å². The van der Waals surface area contributed by atoms with Crippen molar-refractivity contribution in [3.63, 3.8) is 0 Å². The molecule has 1 aliphatic carbocycles. The molecule has 0 aliphatic heterocycles. The van der Waals surface area contributed by atoms with Gasteiger partial charge in [-0.2, -0.15) is 0 Å². The maximum atomic E-state index is 3.69. The van der Waals surface area contributed by atoms with E-state index in [1.807, 2.05) is 0 Å². The molecular weight excluding hydrogens is 230 g/mol. The third-order valence-corrected chi connectivity index (χ3v) is 3.84. The molecule has 2 rings (SSSR count). The standard InChI is InChI=1S/C18H25N/c1-4-5-14-19-18(2,3)17-13-9-8-12-16(17)15-10-6-7-11-15/h6-13,15,19H,4-5,14H2,1-3H3. The van der Waals surface area contributed by atoms with E-state index in [1.165, 1.54) is 24.0 Å². The topological polar surface area (TPSA) is 12.0 Å². The molecule has 0 saturated carbocycles. The van der Waals surface area contributed by atoms with Crippen molar-refractivity contribution in [3.05, 3.63) is 59.7 Å². The van der Waals surface area contributed by atoms with E-state index in [4.69, 9.17) is 0 Å². The summed E-state index contributed by atoms with van der Waals surface area (Å²) in [4.78, 5) is 0. The lowest BCUT2D eigenvalue weighted by atomic mass is 9.84. The summed E-state index contributed by atoms with van der Waals surface area (Å²) < 4.78 is 0.